The number of carbonyl (C=O) groups excluding carboxylic acids is 1. The third-order valence-corrected chi connectivity index (χ3v) is 7.45. The highest BCUT2D eigenvalue weighted by Gasteiger charge is 2.57. The van der Waals surface area contributed by atoms with Crippen LogP contribution in [0.15, 0.2) is 18.5 Å². The van der Waals surface area contributed by atoms with E-state index in [1.165, 1.54) is 10.4 Å². The van der Waals surface area contributed by atoms with Gasteiger partial charge in [-0.15, -0.1) is 11.3 Å². The number of piperidine rings is 1. The molecular weight excluding hydrogens is 398 g/mol. The minimum atomic E-state index is -2.65. The quantitative estimate of drug-likeness (QED) is 0.825. The van der Waals surface area contributed by atoms with E-state index in [4.69, 9.17) is 10.5 Å². The van der Waals surface area contributed by atoms with Crippen molar-refractivity contribution in [2.75, 3.05) is 25.4 Å². The number of fused-ring (bicyclic) bond motifs is 2. The van der Waals surface area contributed by atoms with Crippen molar-refractivity contribution in [1.29, 1.82) is 0 Å². The second-order valence-corrected chi connectivity index (χ2v) is 9.25. The van der Waals surface area contributed by atoms with E-state index in [-0.39, 0.29) is 18.7 Å². The summed E-state index contributed by atoms with van der Waals surface area (Å²) in [7, 11) is 0. The van der Waals surface area contributed by atoms with Gasteiger partial charge in [-0.05, 0) is 24.5 Å². The molecule has 1 saturated heterocycles. The second kappa shape index (κ2) is 6.70. The maximum absolute atomic E-state index is 13.1. The van der Waals surface area contributed by atoms with Crippen molar-refractivity contribution in [3.05, 3.63) is 28.9 Å². The van der Waals surface area contributed by atoms with Gasteiger partial charge in [0.15, 0.2) is 0 Å². The number of alkyl halides is 2. The number of nitrogens with two attached hydrogens (primary N) is 1. The SMILES string of the molecule is Nc1cnc(-c2cc3c(s2)CCOC32CCN(C(=O)CC3CC3(F)F)CC2)cn1. The number of thiophene rings is 1. The van der Waals surface area contributed by atoms with Gasteiger partial charge in [-0.1, -0.05) is 0 Å². The average molecular weight is 420 g/mol. The second-order valence-electron chi connectivity index (χ2n) is 8.11. The number of anilines is 1. The zero-order chi connectivity index (χ0) is 20.2. The van der Waals surface area contributed by atoms with E-state index >= 15 is 0 Å². The van der Waals surface area contributed by atoms with Crippen molar-refractivity contribution in [3.8, 4) is 10.6 Å². The molecule has 2 fully saturated rings. The Bertz CT molecular complexity index is 938. The Morgan fingerprint density at radius 1 is 1.31 bits per heavy atom. The fourth-order valence-corrected chi connectivity index (χ4v) is 5.56. The third kappa shape index (κ3) is 3.40. The van der Waals surface area contributed by atoms with Gasteiger partial charge >= 0.3 is 0 Å². The summed E-state index contributed by atoms with van der Waals surface area (Å²) in [4.78, 5) is 24.9. The van der Waals surface area contributed by atoms with Crippen molar-refractivity contribution >= 4 is 23.1 Å². The Kier molecular flexibility index (Phi) is 4.36. The van der Waals surface area contributed by atoms with Gasteiger partial charge in [0.2, 0.25) is 5.91 Å². The smallest absolute Gasteiger partial charge is 0.252 e. The Morgan fingerprint density at radius 3 is 2.72 bits per heavy atom. The van der Waals surface area contributed by atoms with E-state index < -0.39 is 17.4 Å². The number of nitrogen functional groups attached to an aromatic ring is 1. The van der Waals surface area contributed by atoms with Gasteiger partial charge in [0, 0.05) is 43.1 Å². The number of rotatable bonds is 3. The standard InChI is InChI=1S/C20H22F2N4O2S/c21-20(22)9-12(20)7-18(27)26-4-2-19(3-5-26)13-8-16(29-15(13)1-6-28-19)14-10-25-17(23)11-24-14/h8,10-12H,1-7,9H2,(H2,23,25). The summed E-state index contributed by atoms with van der Waals surface area (Å²) in [6.45, 7) is 1.70. The molecule has 5 rings (SSSR count). The molecule has 0 radical (unpaired) electrons. The lowest BCUT2D eigenvalue weighted by molar-refractivity contribution is -0.141. The monoisotopic (exact) mass is 420 g/mol. The summed E-state index contributed by atoms with van der Waals surface area (Å²) in [5.74, 6) is -3.20. The zero-order valence-electron chi connectivity index (χ0n) is 15.9. The topological polar surface area (TPSA) is 81.3 Å². The molecule has 4 heterocycles. The van der Waals surface area contributed by atoms with Gasteiger partial charge in [-0.25, -0.2) is 18.7 Å². The predicted molar refractivity (Wildman–Crippen MR) is 105 cm³/mol. The summed E-state index contributed by atoms with van der Waals surface area (Å²) in [6, 6.07) is 2.13. The fraction of sp³-hybridized carbons (Fsp3) is 0.550. The van der Waals surface area contributed by atoms with E-state index in [0.717, 1.165) is 17.0 Å². The fourth-order valence-electron chi connectivity index (χ4n) is 4.37. The molecule has 6 nitrogen and oxygen atoms in total. The largest absolute Gasteiger partial charge is 0.382 e. The van der Waals surface area contributed by atoms with Crippen LogP contribution < -0.4 is 5.73 Å². The molecule has 1 spiro atoms. The maximum Gasteiger partial charge on any atom is 0.252 e. The van der Waals surface area contributed by atoms with Crippen LogP contribution in [-0.4, -0.2) is 46.4 Å². The van der Waals surface area contributed by atoms with E-state index in [1.54, 1.807) is 28.6 Å². The van der Waals surface area contributed by atoms with Crippen LogP contribution in [0.5, 0.6) is 0 Å². The molecule has 154 valence electrons. The highest BCUT2D eigenvalue weighted by Crippen LogP contribution is 2.51. The number of amides is 1. The van der Waals surface area contributed by atoms with Crippen molar-refractivity contribution in [1.82, 2.24) is 14.9 Å². The van der Waals surface area contributed by atoms with Crippen LogP contribution in [0, 0.1) is 5.92 Å². The Hall–Kier alpha value is -2.13. The van der Waals surface area contributed by atoms with Gasteiger partial charge in [0.25, 0.3) is 5.92 Å². The molecule has 1 atom stereocenters. The third-order valence-electron chi connectivity index (χ3n) is 6.23. The van der Waals surface area contributed by atoms with Gasteiger partial charge < -0.3 is 15.4 Å². The molecule has 2 N–H and O–H groups in total. The number of nitrogens with zero attached hydrogens (tertiary/aromatic N) is 3. The Morgan fingerprint density at radius 2 is 2.07 bits per heavy atom. The molecule has 2 aromatic rings. The van der Waals surface area contributed by atoms with Crippen molar-refractivity contribution in [3.63, 3.8) is 0 Å². The van der Waals surface area contributed by atoms with Crippen LogP contribution in [0.25, 0.3) is 10.6 Å². The number of ether oxygens (including phenoxy) is 1. The number of aromatic nitrogens is 2. The molecule has 2 aromatic heterocycles. The van der Waals surface area contributed by atoms with Crippen molar-refractivity contribution in [2.45, 2.75) is 43.6 Å². The van der Waals surface area contributed by atoms with E-state index in [0.29, 0.717) is 38.4 Å². The normalized spacial score (nSPS) is 24.3. The minimum Gasteiger partial charge on any atom is -0.382 e. The van der Waals surface area contributed by atoms with Crippen LogP contribution in [0.3, 0.4) is 0 Å². The zero-order valence-corrected chi connectivity index (χ0v) is 16.7. The van der Waals surface area contributed by atoms with Crippen LogP contribution in [-0.2, 0) is 21.6 Å². The summed E-state index contributed by atoms with van der Waals surface area (Å²) in [5, 5.41) is 0. The molecule has 9 heteroatoms. The first-order chi connectivity index (χ1) is 13.9. The van der Waals surface area contributed by atoms with Gasteiger partial charge in [-0.3, -0.25) is 4.79 Å². The van der Waals surface area contributed by atoms with Gasteiger partial charge in [-0.2, -0.15) is 0 Å². The first kappa shape index (κ1) is 18.9. The lowest BCUT2D eigenvalue weighted by Gasteiger charge is -2.44. The van der Waals surface area contributed by atoms with Crippen LogP contribution >= 0.6 is 11.3 Å². The number of hydrogen-bond acceptors (Lipinski definition) is 6. The molecule has 1 saturated carbocycles. The first-order valence-corrected chi connectivity index (χ1v) is 10.7. The van der Waals surface area contributed by atoms with Gasteiger partial charge in [0.05, 0.1) is 35.2 Å². The summed E-state index contributed by atoms with van der Waals surface area (Å²) in [5.41, 5.74) is 7.18. The lowest BCUT2D eigenvalue weighted by Crippen LogP contribution is -2.48. The number of halogens is 2. The Labute approximate surface area is 171 Å². The maximum atomic E-state index is 13.1. The first-order valence-electron chi connectivity index (χ1n) is 9.87. The van der Waals surface area contributed by atoms with Crippen molar-refractivity contribution < 1.29 is 18.3 Å². The van der Waals surface area contributed by atoms with E-state index in [9.17, 15) is 13.6 Å². The lowest BCUT2D eigenvalue weighted by atomic mass is 9.82. The summed E-state index contributed by atoms with van der Waals surface area (Å²) < 4.78 is 32.5. The highest BCUT2D eigenvalue weighted by atomic mass is 32.1. The van der Waals surface area contributed by atoms with E-state index in [2.05, 4.69) is 16.0 Å². The Balaban J connectivity index is 1.32. The number of carbonyl (C=O) groups is 1. The summed E-state index contributed by atoms with van der Waals surface area (Å²) in [6.07, 6.45) is 5.22. The van der Waals surface area contributed by atoms with Crippen LogP contribution in [0.4, 0.5) is 14.6 Å². The van der Waals surface area contributed by atoms with Crippen LogP contribution in [0.1, 0.15) is 36.1 Å². The van der Waals surface area contributed by atoms with Crippen LogP contribution in [0.2, 0.25) is 0 Å². The molecule has 0 bridgehead atoms. The molecule has 1 aliphatic carbocycles. The molecule has 3 aliphatic rings. The molecular formula is C20H22F2N4O2S. The molecule has 0 aromatic carbocycles. The van der Waals surface area contributed by atoms with Crippen molar-refractivity contribution in [2.24, 2.45) is 5.92 Å². The van der Waals surface area contributed by atoms with E-state index in [1.807, 2.05) is 0 Å². The predicted octanol–water partition coefficient (Wildman–Crippen LogP) is 3.22. The summed E-state index contributed by atoms with van der Waals surface area (Å²) >= 11 is 1.70. The minimum absolute atomic E-state index is 0.0511. The molecule has 1 amide bonds. The number of hydrogen-bond donors (Lipinski definition) is 1. The molecule has 2 aliphatic heterocycles. The van der Waals surface area contributed by atoms with Gasteiger partial charge in [0.1, 0.15) is 5.82 Å². The molecule has 1 unspecified atom stereocenters. The average Bonchev–Trinajstić information content (AvgIpc) is 3.10. The highest BCUT2D eigenvalue weighted by molar-refractivity contribution is 7.15. The molecule has 29 heavy (non-hydrogen) atoms. The number of likely N-dealkylation sites (tertiary alicyclic amines) is 1.